The Balaban J connectivity index is -0.0000000564. The molecule has 0 aromatic heterocycles. The van der Waals surface area contributed by atoms with Crippen molar-refractivity contribution in [2.75, 3.05) is 12.3 Å². The molecule has 0 atom stereocenters. The predicted molar refractivity (Wildman–Crippen MR) is 289 cm³/mol. The van der Waals surface area contributed by atoms with Gasteiger partial charge in [0.25, 0.3) is 0 Å². The third-order valence-corrected chi connectivity index (χ3v) is 37.3. The Morgan fingerprint density at radius 1 is 0.481 bits per heavy atom. The van der Waals surface area contributed by atoms with E-state index in [1.165, 1.54) is 30.1 Å². The molecule has 0 aliphatic heterocycles. The van der Waals surface area contributed by atoms with Crippen LogP contribution in [0.2, 0.25) is 0 Å². The predicted octanol–water partition coefficient (Wildman–Crippen LogP) is 12.1. The van der Waals surface area contributed by atoms with Crippen molar-refractivity contribution in [3.8, 4) is 0 Å². The molecule has 0 radical (unpaired) electrons. The molecule has 0 aromatic carbocycles. The summed E-state index contributed by atoms with van der Waals surface area (Å²) in [6, 6.07) is 0. The van der Waals surface area contributed by atoms with Gasteiger partial charge in [-0.3, -0.25) is 0 Å². The van der Waals surface area contributed by atoms with Crippen LogP contribution in [0.3, 0.4) is 0 Å². The monoisotopic (exact) mass is 1370 g/mol. The Morgan fingerprint density at radius 2 is 0.615 bits per heavy atom. The fourth-order valence-corrected chi connectivity index (χ4v) is 37.6. The molecule has 0 fully saturated rings. The molecular weight excluding hydrogens is 1290 g/mol. The summed E-state index contributed by atoms with van der Waals surface area (Å²) < 4.78 is 0. The molecule has 324 valence electrons. The van der Waals surface area contributed by atoms with Gasteiger partial charge in [0, 0.05) is 148 Å². The van der Waals surface area contributed by atoms with Crippen molar-refractivity contribution < 1.29 is 42.1 Å². The first-order valence-corrected chi connectivity index (χ1v) is 34.2. The number of rotatable bonds is 4. The molecule has 0 amide bonds. The first kappa shape index (κ1) is 80.4. The molecule has 0 aromatic rings. The van der Waals surface area contributed by atoms with Crippen molar-refractivity contribution in [2.24, 2.45) is 10.8 Å². The Bertz CT molecular complexity index is 1220. The summed E-state index contributed by atoms with van der Waals surface area (Å²) in [4.78, 5) is 0. The van der Waals surface area contributed by atoms with Crippen LogP contribution in [0, 0.1) is 39.5 Å². The van der Waals surface area contributed by atoms with Gasteiger partial charge in [0.1, 0.15) is 0 Å². The topological polar surface area (TPSA) is 44.6 Å². The summed E-state index contributed by atoms with van der Waals surface area (Å²) in [7, 11) is 17.3. The molecule has 0 unspecified atom stereocenters. The first-order chi connectivity index (χ1) is 20.9. The van der Waals surface area contributed by atoms with E-state index in [4.69, 9.17) is 33.2 Å². The van der Waals surface area contributed by atoms with Crippen molar-refractivity contribution in [1.29, 1.82) is 0 Å². The quantitative estimate of drug-likeness (QED) is 0.160. The van der Waals surface area contributed by atoms with Crippen molar-refractivity contribution in [3.05, 3.63) is 39.5 Å². The fourth-order valence-electron chi connectivity index (χ4n) is 4.37. The van der Waals surface area contributed by atoms with Gasteiger partial charge in [-0.15, -0.1) is 10.8 Å². The van der Waals surface area contributed by atoms with E-state index in [9.17, 15) is 0 Å². The summed E-state index contributed by atoms with van der Waals surface area (Å²) in [5.74, 6) is 0. The summed E-state index contributed by atoms with van der Waals surface area (Å²) >= 11 is 9.40. The second-order valence-corrected chi connectivity index (χ2v) is 44.0. The summed E-state index contributed by atoms with van der Waals surface area (Å²) in [5, 5.41) is 16.8. The molecule has 19 heteroatoms. The zero-order valence-corrected chi connectivity index (χ0v) is 52.0. The van der Waals surface area contributed by atoms with Gasteiger partial charge in [-0.2, -0.15) is 0 Å². The minimum Gasteiger partial charge on any atom is -0.814 e. The molecule has 0 aliphatic carbocycles. The second-order valence-electron chi connectivity index (χ2n) is 15.9. The molecule has 52 heavy (non-hydrogen) atoms. The molecule has 0 spiro atoms. The molecule has 0 bridgehead atoms. The van der Waals surface area contributed by atoms with Crippen LogP contribution in [0.15, 0.2) is 0 Å². The minimum atomic E-state index is -0.396. The third kappa shape index (κ3) is 66.3. The van der Waals surface area contributed by atoms with E-state index in [1.807, 2.05) is 0 Å². The van der Waals surface area contributed by atoms with Crippen molar-refractivity contribution in [1.82, 2.24) is 0 Å². The van der Waals surface area contributed by atoms with Crippen molar-refractivity contribution in [2.45, 2.75) is 153 Å². The second kappa shape index (κ2) is 43.5. The first-order valence-electron chi connectivity index (χ1n) is 14.8. The van der Waals surface area contributed by atoms with Crippen LogP contribution in [0.4, 0.5) is 0 Å². The maximum Gasteiger partial charge on any atom is 4.00 e. The number of hydrogen-bond acceptors (Lipinski definition) is 2. The maximum atomic E-state index is 7.44. The van der Waals surface area contributed by atoms with Crippen LogP contribution in [0.5, 0.6) is 0 Å². The van der Waals surface area contributed by atoms with Crippen LogP contribution >= 0.6 is 15.8 Å². The van der Waals surface area contributed by atoms with Gasteiger partial charge in [0.15, 0.2) is 0 Å². The molecule has 0 aliphatic rings. The summed E-state index contributed by atoms with van der Waals surface area (Å²) in [6.07, 6.45) is 4.59. The summed E-state index contributed by atoms with van der Waals surface area (Å²) in [5.41, 5.74) is 0.462. The number of nitrogens with zero attached hydrogens (tertiary/aromatic N) is 2. The van der Waals surface area contributed by atoms with Gasteiger partial charge >= 0.3 is 42.1 Å². The molecular formula is C33H76N2P2Pt2S13+2. The zero-order valence-electron chi connectivity index (χ0n) is 34.8. The minimum absolute atomic E-state index is 0. The Morgan fingerprint density at radius 3 is 0.692 bits per heavy atom. The molecule has 0 N–H and O–H groups in total. The van der Waals surface area contributed by atoms with Crippen LogP contribution in [-0.4, -0.2) is 45.4 Å². The van der Waals surface area contributed by atoms with Crippen molar-refractivity contribution in [3.63, 3.8) is 0 Å². The molecule has 0 heterocycles. The third-order valence-electron chi connectivity index (χ3n) is 5.21. The summed E-state index contributed by atoms with van der Waals surface area (Å²) in [6.45, 7) is 49.3. The van der Waals surface area contributed by atoms with Crippen LogP contribution in [-0.2, 0) is 162 Å². The van der Waals surface area contributed by atoms with Crippen LogP contribution in [0.1, 0.15) is 132 Å². The largest absolute Gasteiger partial charge is 4.00 e. The van der Waals surface area contributed by atoms with E-state index in [0.717, 1.165) is 12.4 Å². The van der Waals surface area contributed by atoms with Crippen LogP contribution < -0.4 is 0 Å². The Hall–Kier alpha value is 4.44. The van der Waals surface area contributed by atoms with E-state index in [2.05, 4.69) is 125 Å². The van der Waals surface area contributed by atoms with Gasteiger partial charge in [0.05, 0.1) is 20.6 Å². The van der Waals surface area contributed by atoms with E-state index in [-0.39, 0.29) is 75.2 Å². The maximum absolute atomic E-state index is 7.44. The van der Waals surface area contributed by atoms with E-state index >= 15 is 0 Å². The van der Waals surface area contributed by atoms with Crippen LogP contribution in [0.25, 0.3) is 10.8 Å². The molecule has 0 saturated heterocycles. The van der Waals surface area contributed by atoms with E-state index < -0.39 is 15.8 Å². The number of hydrogen-bond donors (Lipinski definition) is 0. The average molecular weight is 1370 g/mol. The molecule has 2 nitrogen and oxygen atoms in total. The molecule has 0 saturated carbocycles. The van der Waals surface area contributed by atoms with Gasteiger partial charge in [-0.25, -0.2) is 12.4 Å². The van der Waals surface area contributed by atoms with Gasteiger partial charge in [0.2, 0.25) is 0 Å². The van der Waals surface area contributed by atoms with Crippen molar-refractivity contribution >= 4 is 148 Å². The normalized spacial score (nSPS) is 10.3. The van der Waals surface area contributed by atoms with E-state index in [1.54, 1.807) is 93.8 Å². The average Bonchev–Trinajstić information content (AvgIpc) is 2.83. The van der Waals surface area contributed by atoms with Gasteiger partial charge in [-0.1, -0.05) is 49.0 Å². The standard InChI is InChI=1S/2C13H28P.2C2H4N.CH4.2CH3.2Pt.S13/c2*1-11(2,3)10-14(12(4,5)6)13(7,8)9;2*1-2-3;;;;;;1-3-5-7-9-11-13-12-10-8-6-4-2/h2*1,10H2,2-9H3;2*2H,1H3;1H4;2*1H3;;;/q4*-1;;2*-1;+2;+4;/p+2. The zero-order chi connectivity index (χ0) is 38.8. The SMILES string of the molecule is C.CC=[N-].CC=[N-].S=S=S=S=S=S=S=S=S=S=S=S=S.[CH2-]C(C)(C)C[PH+](C(C)(C)C)C(C)(C)C.[CH2-]C(C)(C)C[PH+](C(C)(C)C)C(C)(C)C.[CH3-].[CH3-].[Pt+2].[Pt+4]. The Labute approximate surface area is 400 Å². The smallest absolute Gasteiger partial charge is 0.814 e. The van der Waals surface area contributed by atoms with Gasteiger partial charge in [-0.05, 0) is 83.1 Å². The van der Waals surface area contributed by atoms with Gasteiger partial charge < -0.3 is 39.5 Å². The Kier molecular flexibility index (Phi) is 67.3. The fraction of sp³-hybridized carbons (Fsp3) is 0.818. The molecule has 0 rings (SSSR count). The van der Waals surface area contributed by atoms with E-state index in [0.29, 0.717) is 20.6 Å².